The summed E-state index contributed by atoms with van der Waals surface area (Å²) in [4.78, 5) is 37.6. The molecule has 0 saturated carbocycles. The highest BCUT2D eigenvalue weighted by Gasteiger charge is 2.23. The van der Waals surface area contributed by atoms with Gasteiger partial charge in [0.2, 0.25) is 5.91 Å². The van der Waals surface area contributed by atoms with E-state index in [1.165, 1.54) is 17.1 Å². The third-order valence-electron chi connectivity index (χ3n) is 3.50. The second kappa shape index (κ2) is 5.36. The monoisotopic (exact) mass is 282 g/mol. The van der Waals surface area contributed by atoms with Crippen molar-refractivity contribution in [3.63, 3.8) is 0 Å². The fraction of sp³-hybridized carbons (Fsp3) is 0.188. The van der Waals surface area contributed by atoms with E-state index in [1.54, 1.807) is 11.0 Å². The second-order valence-electron chi connectivity index (χ2n) is 5.04. The zero-order chi connectivity index (χ0) is 14.8. The summed E-state index contributed by atoms with van der Waals surface area (Å²) in [7, 11) is 0. The van der Waals surface area contributed by atoms with Crippen molar-refractivity contribution >= 4 is 17.7 Å². The first-order valence-corrected chi connectivity index (χ1v) is 6.70. The molecule has 0 atom stereocenters. The Morgan fingerprint density at radius 1 is 0.857 bits per heavy atom. The largest absolute Gasteiger partial charge is 0.331 e. The molecule has 0 unspecified atom stereocenters. The van der Waals surface area contributed by atoms with Gasteiger partial charge >= 0.3 is 0 Å². The molecule has 106 valence electrons. The summed E-state index contributed by atoms with van der Waals surface area (Å²) in [6.07, 6.45) is 5.96. The van der Waals surface area contributed by atoms with Crippen LogP contribution < -0.4 is 0 Å². The molecule has 0 bridgehead atoms. The summed E-state index contributed by atoms with van der Waals surface area (Å²) in [5.41, 5.74) is 1.86. The molecule has 0 aromatic heterocycles. The first kappa shape index (κ1) is 13.3. The van der Waals surface area contributed by atoms with Gasteiger partial charge in [-0.05, 0) is 11.1 Å². The molecule has 3 rings (SSSR count). The molecule has 0 saturated heterocycles. The van der Waals surface area contributed by atoms with Gasteiger partial charge in [-0.15, -0.1) is 0 Å². The Kier molecular flexibility index (Phi) is 3.39. The number of carbonyl (C=O) groups excluding carboxylic acids is 3. The van der Waals surface area contributed by atoms with Crippen LogP contribution in [0.2, 0.25) is 0 Å². The van der Waals surface area contributed by atoms with Crippen LogP contribution in [0.5, 0.6) is 0 Å². The van der Waals surface area contributed by atoms with Gasteiger partial charge in [0.05, 0.1) is 6.54 Å². The first-order chi connectivity index (χ1) is 10.1. The number of hydrogen-bond donors (Lipinski definition) is 0. The lowest BCUT2D eigenvalue weighted by Crippen LogP contribution is -2.29. The standard InChI is InChI=1S/C16H14N2O3/c19-14-5-2-8-17(14)10-12-3-1-4-13(9-12)11-18-15(20)6-7-16(18)21/h1-7,9H,8,10-11H2. The molecular weight excluding hydrogens is 268 g/mol. The number of benzene rings is 1. The van der Waals surface area contributed by atoms with Crippen molar-refractivity contribution in [1.29, 1.82) is 0 Å². The third kappa shape index (κ3) is 2.76. The topological polar surface area (TPSA) is 57.7 Å². The molecule has 2 aliphatic heterocycles. The number of nitrogens with zero attached hydrogens (tertiary/aromatic N) is 2. The average molecular weight is 282 g/mol. The number of amides is 3. The Labute approximate surface area is 122 Å². The maximum atomic E-state index is 11.6. The first-order valence-electron chi connectivity index (χ1n) is 6.70. The summed E-state index contributed by atoms with van der Waals surface area (Å²) in [6, 6.07) is 7.59. The second-order valence-corrected chi connectivity index (χ2v) is 5.04. The molecule has 5 heteroatoms. The Balaban J connectivity index is 1.70. The van der Waals surface area contributed by atoms with Gasteiger partial charge in [0.15, 0.2) is 0 Å². The van der Waals surface area contributed by atoms with Crippen LogP contribution in [0.15, 0.2) is 48.6 Å². The van der Waals surface area contributed by atoms with E-state index < -0.39 is 0 Å². The minimum Gasteiger partial charge on any atom is -0.331 e. The molecule has 0 radical (unpaired) electrons. The zero-order valence-corrected chi connectivity index (χ0v) is 11.4. The van der Waals surface area contributed by atoms with Gasteiger partial charge in [-0.2, -0.15) is 0 Å². The predicted octanol–water partition coefficient (Wildman–Crippen LogP) is 1.01. The van der Waals surface area contributed by atoms with E-state index in [4.69, 9.17) is 0 Å². The van der Waals surface area contributed by atoms with Crippen molar-refractivity contribution in [1.82, 2.24) is 9.80 Å². The molecule has 0 fully saturated rings. The number of hydrogen-bond acceptors (Lipinski definition) is 3. The number of imide groups is 1. The average Bonchev–Trinajstić information content (AvgIpc) is 3.00. The summed E-state index contributed by atoms with van der Waals surface area (Å²) >= 11 is 0. The number of carbonyl (C=O) groups is 3. The summed E-state index contributed by atoms with van der Waals surface area (Å²) < 4.78 is 0. The molecule has 2 heterocycles. The zero-order valence-electron chi connectivity index (χ0n) is 11.4. The molecule has 3 amide bonds. The van der Waals surface area contributed by atoms with Gasteiger partial charge in [0.25, 0.3) is 11.8 Å². The maximum Gasteiger partial charge on any atom is 0.253 e. The fourth-order valence-electron chi connectivity index (χ4n) is 2.43. The Morgan fingerprint density at radius 3 is 2.14 bits per heavy atom. The SMILES string of the molecule is O=C1C=CCN1Cc1cccc(CN2C(=O)C=CC2=O)c1. The van der Waals surface area contributed by atoms with Crippen LogP contribution in [0.3, 0.4) is 0 Å². The molecule has 1 aromatic carbocycles. The lowest BCUT2D eigenvalue weighted by atomic mass is 10.1. The maximum absolute atomic E-state index is 11.6. The van der Waals surface area contributed by atoms with E-state index in [9.17, 15) is 14.4 Å². The molecule has 0 spiro atoms. The molecule has 2 aliphatic rings. The molecule has 0 aliphatic carbocycles. The van der Waals surface area contributed by atoms with Gasteiger partial charge in [-0.3, -0.25) is 19.3 Å². The molecule has 5 nitrogen and oxygen atoms in total. The third-order valence-corrected chi connectivity index (χ3v) is 3.50. The minimum atomic E-state index is -0.288. The van der Waals surface area contributed by atoms with Crippen molar-refractivity contribution in [3.8, 4) is 0 Å². The van der Waals surface area contributed by atoms with Crippen molar-refractivity contribution in [2.45, 2.75) is 13.1 Å². The lowest BCUT2D eigenvalue weighted by molar-refractivity contribution is -0.137. The van der Waals surface area contributed by atoms with Crippen LogP contribution in [0.25, 0.3) is 0 Å². The summed E-state index contributed by atoms with van der Waals surface area (Å²) in [5, 5.41) is 0. The van der Waals surface area contributed by atoms with E-state index >= 15 is 0 Å². The van der Waals surface area contributed by atoms with Crippen LogP contribution >= 0.6 is 0 Å². The van der Waals surface area contributed by atoms with Gasteiger partial charge < -0.3 is 4.90 Å². The van der Waals surface area contributed by atoms with Crippen molar-refractivity contribution in [2.75, 3.05) is 6.54 Å². The summed E-state index contributed by atoms with van der Waals surface area (Å²) in [5.74, 6) is -0.567. The highest BCUT2D eigenvalue weighted by Crippen LogP contribution is 2.15. The van der Waals surface area contributed by atoms with E-state index in [1.807, 2.05) is 30.3 Å². The normalized spacial score (nSPS) is 17.4. The van der Waals surface area contributed by atoms with Gasteiger partial charge in [0.1, 0.15) is 0 Å². The van der Waals surface area contributed by atoms with Crippen molar-refractivity contribution in [2.24, 2.45) is 0 Å². The Hall–Kier alpha value is -2.69. The lowest BCUT2D eigenvalue weighted by Gasteiger charge is -2.17. The van der Waals surface area contributed by atoms with Crippen molar-refractivity contribution < 1.29 is 14.4 Å². The summed E-state index contributed by atoms with van der Waals surface area (Å²) in [6.45, 7) is 1.40. The molecule has 21 heavy (non-hydrogen) atoms. The molecular formula is C16H14N2O3. The Bertz CT molecular complexity index is 658. The smallest absolute Gasteiger partial charge is 0.253 e. The van der Waals surface area contributed by atoms with Gasteiger partial charge in [-0.1, -0.05) is 30.3 Å². The van der Waals surface area contributed by atoms with Crippen LogP contribution in [0, 0.1) is 0 Å². The van der Waals surface area contributed by atoms with Crippen LogP contribution in [-0.2, 0) is 27.5 Å². The van der Waals surface area contributed by atoms with E-state index in [0.29, 0.717) is 13.1 Å². The van der Waals surface area contributed by atoms with Crippen molar-refractivity contribution in [3.05, 3.63) is 59.7 Å². The quantitative estimate of drug-likeness (QED) is 0.774. The molecule has 1 aromatic rings. The Morgan fingerprint density at radius 2 is 1.52 bits per heavy atom. The van der Waals surface area contributed by atoms with Gasteiger partial charge in [-0.25, -0.2) is 0 Å². The van der Waals surface area contributed by atoms with E-state index in [-0.39, 0.29) is 24.3 Å². The van der Waals surface area contributed by atoms with E-state index in [2.05, 4.69) is 0 Å². The molecule has 0 N–H and O–H groups in total. The van der Waals surface area contributed by atoms with Gasteiger partial charge in [0, 0.05) is 31.3 Å². The highest BCUT2D eigenvalue weighted by molar-refractivity contribution is 6.12. The highest BCUT2D eigenvalue weighted by atomic mass is 16.2. The fourth-order valence-corrected chi connectivity index (χ4v) is 2.43. The minimum absolute atomic E-state index is 0.00880. The van der Waals surface area contributed by atoms with Crippen LogP contribution in [-0.4, -0.2) is 34.1 Å². The van der Waals surface area contributed by atoms with E-state index in [0.717, 1.165) is 11.1 Å². The predicted molar refractivity (Wildman–Crippen MR) is 75.7 cm³/mol. The van der Waals surface area contributed by atoms with Crippen LogP contribution in [0.4, 0.5) is 0 Å². The number of rotatable bonds is 4. The van der Waals surface area contributed by atoms with Crippen LogP contribution in [0.1, 0.15) is 11.1 Å².